The van der Waals surface area contributed by atoms with Gasteiger partial charge in [-0.2, -0.15) is 0 Å². The van der Waals surface area contributed by atoms with Crippen LogP contribution in [0.1, 0.15) is 39.5 Å². The molecule has 156 valence electrons. The van der Waals surface area contributed by atoms with Crippen LogP contribution in [0.5, 0.6) is 0 Å². The highest BCUT2D eigenvalue weighted by Crippen LogP contribution is 2.38. The fourth-order valence-corrected chi connectivity index (χ4v) is 3.83. The van der Waals surface area contributed by atoms with Gasteiger partial charge in [0, 0.05) is 5.69 Å². The van der Waals surface area contributed by atoms with Gasteiger partial charge in [0.15, 0.2) is 6.10 Å². The molecule has 1 aromatic carbocycles. The minimum Gasteiger partial charge on any atom is -0.451 e. The van der Waals surface area contributed by atoms with Crippen LogP contribution in [0, 0.1) is 11.7 Å². The molecule has 1 spiro atoms. The number of carbonyl (C=O) groups is 4. The van der Waals surface area contributed by atoms with E-state index in [1.807, 2.05) is 6.92 Å². The molecular weight excluding hydrogens is 381 g/mol. The average Bonchev–Trinajstić information content (AvgIpc) is 2.91. The average molecular weight is 405 g/mol. The van der Waals surface area contributed by atoms with Crippen molar-refractivity contribution in [3.05, 3.63) is 30.1 Å². The highest BCUT2D eigenvalue weighted by atomic mass is 19.1. The van der Waals surface area contributed by atoms with Crippen molar-refractivity contribution in [3.63, 3.8) is 0 Å². The normalized spacial score (nSPS) is 24.9. The number of amides is 4. The molecule has 0 radical (unpaired) electrons. The molecule has 1 aromatic rings. The second kappa shape index (κ2) is 8.18. The molecule has 3 atom stereocenters. The zero-order valence-electron chi connectivity index (χ0n) is 16.4. The number of imide groups is 1. The van der Waals surface area contributed by atoms with Gasteiger partial charge in [-0.15, -0.1) is 0 Å². The van der Waals surface area contributed by atoms with Crippen molar-refractivity contribution in [2.45, 2.75) is 51.2 Å². The van der Waals surface area contributed by atoms with Gasteiger partial charge in [-0.1, -0.05) is 19.8 Å². The summed E-state index contributed by atoms with van der Waals surface area (Å²) in [6.07, 6.45) is 2.03. The second-order valence-corrected chi connectivity index (χ2v) is 7.57. The van der Waals surface area contributed by atoms with Crippen LogP contribution >= 0.6 is 0 Å². The number of rotatable bonds is 5. The Morgan fingerprint density at radius 3 is 2.66 bits per heavy atom. The molecule has 3 rings (SSSR count). The third kappa shape index (κ3) is 4.23. The molecule has 1 saturated heterocycles. The zero-order chi connectivity index (χ0) is 21.2. The van der Waals surface area contributed by atoms with Crippen LogP contribution in [0.25, 0.3) is 0 Å². The molecule has 0 aromatic heterocycles. The Labute approximate surface area is 167 Å². The van der Waals surface area contributed by atoms with E-state index >= 15 is 0 Å². The third-order valence-electron chi connectivity index (χ3n) is 5.58. The number of hydrogen-bond acceptors (Lipinski definition) is 5. The predicted molar refractivity (Wildman–Crippen MR) is 101 cm³/mol. The third-order valence-corrected chi connectivity index (χ3v) is 5.58. The van der Waals surface area contributed by atoms with Gasteiger partial charge in [-0.05, 0) is 49.9 Å². The molecule has 1 aliphatic carbocycles. The standard InChI is InChI=1S/C20H24FN3O5/c1-12-5-3-4-10-20(12)18(27)24(19(28)23-20)11-16(25)29-13(2)17(26)22-15-8-6-14(21)7-9-15/h6-9,12-13H,3-5,10-11H2,1-2H3,(H,22,26)(H,23,28)/t12-,13+,20+/m1/s1. The Morgan fingerprint density at radius 1 is 1.31 bits per heavy atom. The van der Waals surface area contributed by atoms with Crippen LogP contribution in [0.15, 0.2) is 24.3 Å². The van der Waals surface area contributed by atoms with Gasteiger partial charge >= 0.3 is 12.0 Å². The first-order valence-corrected chi connectivity index (χ1v) is 9.63. The van der Waals surface area contributed by atoms with Crippen molar-refractivity contribution in [2.24, 2.45) is 5.92 Å². The topological polar surface area (TPSA) is 105 Å². The molecule has 9 heteroatoms. The van der Waals surface area contributed by atoms with E-state index in [9.17, 15) is 23.6 Å². The fraction of sp³-hybridized carbons (Fsp3) is 0.500. The van der Waals surface area contributed by atoms with Gasteiger partial charge in [0.25, 0.3) is 11.8 Å². The number of halogens is 1. The SMILES string of the molecule is C[C@H](OC(=O)CN1C(=O)N[C@]2(CCCC[C@H]2C)C1=O)C(=O)Nc1ccc(F)cc1. The molecule has 2 aliphatic rings. The van der Waals surface area contributed by atoms with Crippen LogP contribution in [0.3, 0.4) is 0 Å². The summed E-state index contributed by atoms with van der Waals surface area (Å²) in [6.45, 7) is 2.72. The highest BCUT2D eigenvalue weighted by molar-refractivity contribution is 6.09. The Hall–Kier alpha value is -2.97. The van der Waals surface area contributed by atoms with E-state index in [0.29, 0.717) is 12.1 Å². The number of carbonyl (C=O) groups excluding carboxylic acids is 4. The van der Waals surface area contributed by atoms with Gasteiger partial charge in [0.1, 0.15) is 17.9 Å². The van der Waals surface area contributed by atoms with Gasteiger partial charge < -0.3 is 15.4 Å². The van der Waals surface area contributed by atoms with Crippen LogP contribution in [-0.4, -0.2) is 46.9 Å². The molecule has 2 fully saturated rings. The number of urea groups is 1. The minimum atomic E-state index is -1.16. The zero-order valence-corrected chi connectivity index (χ0v) is 16.4. The van der Waals surface area contributed by atoms with Crippen molar-refractivity contribution in [1.29, 1.82) is 0 Å². The van der Waals surface area contributed by atoms with Crippen molar-refractivity contribution >= 4 is 29.5 Å². The summed E-state index contributed by atoms with van der Waals surface area (Å²) in [5.41, 5.74) is -0.608. The number of benzene rings is 1. The number of ether oxygens (including phenoxy) is 1. The van der Waals surface area contributed by atoms with Crippen molar-refractivity contribution in [2.75, 3.05) is 11.9 Å². The fourth-order valence-electron chi connectivity index (χ4n) is 3.83. The van der Waals surface area contributed by atoms with Gasteiger partial charge in [-0.3, -0.25) is 19.3 Å². The van der Waals surface area contributed by atoms with Gasteiger partial charge in [0.2, 0.25) is 0 Å². The van der Waals surface area contributed by atoms with Crippen LogP contribution < -0.4 is 10.6 Å². The lowest BCUT2D eigenvalue weighted by Gasteiger charge is -2.36. The molecule has 1 aliphatic heterocycles. The van der Waals surface area contributed by atoms with E-state index in [4.69, 9.17) is 4.74 Å². The summed E-state index contributed by atoms with van der Waals surface area (Å²) in [5.74, 6) is -2.36. The summed E-state index contributed by atoms with van der Waals surface area (Å²) >= 11 is 0. The first-order valence-electron chi connectivity index (χ1n) is 9.63. The summed E-state index contributed by atoms with van der Waals surface area (Å²) in [5, 5.41) is 5.25. The van der Waals surface area contributed by atoms with Crippen molar-refractivity contribution in [3.8, 4) is 0 Å². The molecule has 29 heavy (non-hydrogen) atoms. The molecule has 4 amide bonds. The number of nitrogens with one attached hydrogen (secondary N) is 2. The summed E-state index contributed by atoms with van der Waals surface area (Å²) in [6, 6.07) is 4.50. The smallest absolute Gasteiger partial charge is 0.327 e. The largest absolute Gasteiger partial charge is 0.451 e. The Kier molecular flexibility index (Phi) is 5.86. The maximum absolute atomic E-state index is 12.9. The predicted octanol–water partition coefficient (Wildman–Crippen LogP) is 2.20. The van der Waals surface area contributed by atoms with Crippen LogP contribution in [0.2, 0.25) is 0 Å². The monoisotopic (exact) mass is 405 g/mol. The van der Waals surface area contributed by atoms with Crippen molar-refractivity contribution < 1.29 is 28.3 Å². The quantitative estimate of drug-likeness (QED) is 0.577. The Balaban J connectivity index is 1.57. The maximum atomic E-state index is 12.9. The molecule has 1 heterocycles. The highest BCUT2D eigenvalue weighted by Gasteiger charge is 2.55. The molecule has 0 bridgehead atoms. The minimum absolute atomic E-state index is 0.0193. The summed E-state index contributed by atoms with van der Waals surface area (Å²) in [4.78, 5) is 50.4. The molecular formula is C20H24FN3O5. The van der Waals surface area contributed by atoms with E-state index in [1.165, 1.54) is 31.2 Å². The number of nitrogens with zero attached hydrogens (tertiary/aromatic N) is 1. The van der Waals surface area contributed by atoms with Crippen LogP contribution in [0.4, 0.5) is 14.9 Å². The van der Waals surface area contributed by atoms with E-state index in [-0.39, 0.29) is 5.92 Å². The van der Waals surface area contributed by atoms with Gasteiger partial charge in [0.05, 0.1) is 0 Å². The second-order valence-electron chi connectivity index (χ2n) is 7.57. The maximum Gasteiger partial charge on any atom is 0.327 e. The molecule has 1 saturated carbocycles. The van der Waals surface area contributed by atoms with E-state index in [2.05, 4.69) is 10.6 Å². The van der Waals surface area contributed by atoms with Crippen molar-refractivity contribution in [1.82, 2.24) is 10.2 Å². The first-order chi connectivity index (χ1) is 13.7. The number of anilines is 1. The lowest BCUT2D eigenvalue weighted by Crippen LogP contribution is -2.54. The number of hydrogen-bond donors (Lipinski definition) is 2. The Morgan fingerprint density at radius 2 is 2.00 bits per heavy atom. The Bertz CT molecular complexity index is 828. The summed E-state index contributed by atoms with van der Waals surface area (Å²) < 4.78 is 18.0. The molecule has 0 unspecified atom stereocenters. The first kappa shape index (κ1) is 20.8. The number of esters is 1. The van der Waals surface area contributed by atoms with Gasteiger partial charge in [-0.25, -0.2) is 9.18 Å². The summed E-state index contributed by atoms with van der Waals surface area (Å²) in [7, 11) is 0. The van der Waals surface area contributed by atoms with Crippen LogP contribution in [-0.2, 0) is 19.1 Å². The van der Waals surface area contributed by atoms with E-state index in [0.717, 1.165) is 24.2 Å². The lowest BCUT2D eigenvalue weighted by molar-refractivity contribution is -0.155. The molecule has 2 N–H and O–H groups in total. The molecule has 8 nitrogen and oxygen atoms in total. The van der Waals surface area contributed by atoms with E-state index < -0.39 is 47.8 Å². The lowest BCUT2D eigenvalue weighted by atomic mass is 9.73. The van der Waals surface area contributed by atoms with E-state index in [1.54, 1.807) is 0 Å².